The molecule has 3 atom stereocenters. The summed E-state index contributed by atoms with van der Waals surface area (Å²) in [5.74, 6) is -3.52. The molecule has 0 aliphatic carbocycles. The van der Waals surface area contributed by atoms with Gasteiger partial charge in [0, 0.05) is 31.6 Å². The lowest BCUT2D eigenvalue weighted by atomic mass is 10.0. The van der Waals surface area contributed by atoms with E-state index in [0.29, 0.717) is 35.3 Å². The Balaban J connectivity index is 0. The molecule has 3 unspecified atom stereocenters. The summed E-state index contributed by atoms with van der Waals surface area (Å²) in [7, 11) is -2.07. The van der Waals surface area contributed by atoms with Crippen LogP contribution in [0, 0.1) is 19.7 Å². The fraction of sp³-hybridized carbons (Fsp3) is 0.500. The van der Waals surface area contributed by atoms with Crippen LogP contribution < -0.4 is 20.8 Å². The van der Waals surface area contributed by atoms with Gasteiger partial charge in [0.25, 0.3) is 5.91 Å². The van der Waals surface area contributed by atoms with Crippen molar-refractivity contribution in [1.29, 1.82) is 0 Å². The average molecular weight is 1150 g/mol. The molecule has 27 heteroatoms. The number of benzene rings is 2. The van der Waals surface area contributed by atoms with Gasteiger partial charge in [-0.2, -0.15) is 13.5 Å². The van der Waals surface area contributed by atoms with E-state index in [2.05, 4.69) is 50.0 Å². The number of ether oxygens (including phenoxy) is 2. The molecule has 0 saturated heterocycles. The van der Waals surface area contributed by atoms with E-state index in [9.17, 15) is 46.6 Å². The van der Waals surface area contributed by atoms with E-state index in [4.69, 9.17) is 77.5 Å². The van der Waals surface area contributed by atoms with Gasteiger partial charge in [-0.25, -0.2) is 13.8 Å². The molecule has 3 aromatic rings. The molecule has 3 rings (SSSR count). The maximum Gasteiger partial charge on any atom is 0.355 e. The summed E-state index contributed by atoms with van der Waals surface area (Å²) in [6, 6.07) is 8.07. The Bertz CT molecular complexity index is 2260. The van der Waals surface area contributed by atoms with Gasteiger partial charge in [-0.05, 0) is 73.8 Å². The van der Waals surface area contributed by atoms with Gasteiger partial charge in [0.2, 0.25) is 5.91 Å². The van der Waals surface area contributed by atoms with Gasteiger partial charge in [-0.15, -0.1) is 41.5 Å². The normalized spacial score (nSPS) is 12.3. The second-order valence-corrected chi connectivity index (χ2v) is 21.1. The van der Waals surface area contributed by atoms with Crippen LogP contribution >= 0.6 is 65.6 Å². The number of rotatable bonds is 21. The number of aliphatic carboxylic acids is 1. The molecule has 0 aliphatic heterocycles. The van der Waals surface area contributed by atoms with E-state index in [0.717, 1.165) is 35.4 Å². The zero-order valence-electron chi connectivity index (χ0n) is 40.8. The SMILES string of the molecule is C=CCN(CC=C)C(=O)C(Cl)Cl.CCOC(=O)C(Cl)Cc1cc(-n2nc(C)n(C(F)F)c2=O)c(F)cc1Cl.CCc1cccc(C)c1N(C(=O)CCl)C(C)COC.C[S+](C)C.O=C(O)CNCP(=O)([O-])O. The molecule has 402 valence electrons. The first-order chi connectivity index (χ1) is 33.0. The van der Waals surface area contributed by atoms with Gasteiger partial charge in [0.15, 0.2) is 10.7 Å². The van der Waals surface area contributed by atoms with Crippen molar-refractivity contribution in [2.45, 2.75) is 70.3 Å². The number of alkyl halides is 6. The van der Waals surface area contributed by atoms with Crippen molar-refractivity contribution in [1.82, 2.24) is 24.6 Å². The number of esters is 1. The molecule has 1 aromatic heterocycles. The highest BCUT2D eigenvalue weighted by Crippen LogP contribution is 2.29. The molecule has 0 saturated carbocycles. The minimum Gasteiger partial charge on any atom is -0.778 e. The minimum atomic E-state index is -4.35. The van der Waals surface area contributed by atoms with E-state index >= 15 is 0 Å². The topological polar surface area (TPSA) is 226 Å². The Labute approximate surface area is 440 Å². The van der Waals surface area contributed by atoms with E-state index in [1.165, 1.54) is 11.8 Å². The number of anilines is 1. The average Bonchev–Trinajstić information content (AvgIpc) is 3.57. The third-order valence-corrected chi connectivity index (χ3v) is 10.3. The van der Waals surface area contributed by atoms with E-state index in [1.54, 1.807) is 31.1 Å². The number of carbonyl (C=O) groups excluding carboxylic acids is 3. The number of methoxy groups -OCH3 is 1. The van der Waals surface area contributed by atoms with Crippen molar-refractivity contribution in [3.63, 3.8) is 0 Å². The summed E-state index contributed by atoms with van der Waals surface area (Å²) < 4.78 is 60.6. The van der Waals surface area contributed by atoms with Gasteiger partial charge in [-0.1, -0.05) is 72.1 Å². The van der Waals surface area contributed by atoms with Crippen LogP contribution in [0.2, 0.25) is 5.02 Å². The van der Waals surface area contributed by atoms with Gasteiger partial charge >= 0.3 is 24.2 Å². The van der Waals surface area contributed by atoms with Crippen LogP contribution in [0.3, 0.4) is 0 Å². The van der Waals surface area contributed by atoms with Crippen LogP contribution in [0.4, 0.5) is 18.9 Å². The number of carbonyl (C=O) groups is 4. The maximum atomic E-state index is 14.2. The second-order valence-electron chi connectivity index (χ2n) is 14.8. The lowest BCUT2D eigenvalue weighted by Gasteiger charge is -2.31. The summed E-state index contributed by atoms with van der Waals surface area (Å²) in [4.78, 5) is 77.1. The molecule has 0 radical (unpaired) electrons. The number of amides is 2. The molecule has 2 amide bonds. The van der Waals surface area contributed by atoms with E-state index < -0.39 is 60.6 Å². The molecule has 0 aliphatic rings. The van der Waals surface area contributed by atoms with Crippen LogP contribution in [0.15, 0.2) is 60.4 Å². The number of carboxylic acids is 1. The standard InChI is InChI=1S/C15H14Cl2F3N3O3.C15H22ClNO2.C8H11Cl2NO.C3H8NO5P.C3H9S/c1-3-26-13(24)10(17)4-8-5-12(11(18)6-9(8)16)23-15(25)22(14(19)20)7(2)21-23;1-5-13-8-6-7-11(2)15(13)17(14(18)9-16)12(3)10-19-4;1-3-5-11(6-4-2)8(12)7(9)10;5-3(6)1-4-2-10(7,8)9;1-4(2)3/h5-6,10,14H,3-4H2,1-2H3;6-8,12H,5,9-10H2,1-4H3;3-4,7H,1-2,5-6H2;4H,1-2H2,(H,5,6)(H2,7,8,9);1-3H3/q;;;;+1/p-1. The summed E-state index contributed by atoms with van der Waals surface area (Å²) >= 11 is 28.5. The van der Waals surface area contributed by atoms with Crippen molar-refractivity contribution >= 4 is 106 Å². The van der Waals surface area contributed by atoms with Crippen molar-refractivity contribution in [3.8, 4) is 5.69 Å². The number of halogens is 8. The van der Waals surface area contributed by atoms with Gasteiger partial charge < -0.3 is 38.7 Å². The molecule has 71 heavy (non-hydrogen) atoms. The highest BCUT2D eigenvalue weighted by Gasteiger charge is 2.26. The molecule has 0 fully saturated rings. The van der Waals surface area contributed by atoms with Crippen molar-refractivity contribution in [2.24, 2.45) is 0 Å². The summed E-state index contributed by atoms with van der Waals surface area (Å²) in [5.41, 5.74) is 1.84. The number of para-hydroxylation sites is 1. The van der Waals surface area contributed by atoms with Crippen molar-refractivity contribution in [3.05, 3.63) is 99.5 Å². The van der Waals surface area contributed by atoms with Crippen molar-refractivity contribution in [2.75, 3.05) is 75.8 Å². The first-order valence-corrected chi connectivity index (χ1v) is 27.4. The van der Waals surface area contributed by atoms with Crippen LogP contribution in [0.25, 0.3) is 5.69 Å². The minimum absolute atomic E-state index is 0.0223. The number of nitrogens with one attached hydrogen (secondary N) is 1. The number of carboxylic acid groups (broad SMARTS) is 1. The number of hydrogen-bond donors (Lipinski definition) is 3. The lowest BCUT2D eigenvalue weighted by molar-refractivity contribution is -0.193. The number of hydrogen-bond acceptors (Lipinski definition) is 11. The number of nitrogens with zero attached hydrogens (tertiary/aromatic N) is 5. The Morgan fingerprint density at radius 3 is 2.04 bits per heavy atom. The molecule has 1 heterocycles. The van der Waals surface area contributed by atoms with E-state index in [1.807, 2.05) is 31.3 Å². The highest BCUT2D eigenvalue weighted by molar-refractivity contribution is 7.94. The largest absolute Gasteiger partial charge is 0.778 e. The van der Waals surface area contributed by atoms with Crippen LogP contribution in [0.1, 0.15) is 49.8 Å². The Hall–Kier alpha value is -3.60. The third-order valence-electron chi connectivity index (χ3n) is 8.42. The predicted molar refractivity (Wildman–Crippen MR) is 277 cm³/mol. The molecular formula is C44H63Cl5F3N6O11PS. The highest BCUT2D eigenvalue weighted by atomic mass is 35.5. The smallest absolute Gasteiger partial charge is 0.355 e. The quantitative estimate of drug-likeness (QED) is 0.0320. The van der Waals surface area contributed by atoms with E-state index in [-0.39, 0.29) is 63.4 Å². The number of aromatic nitrogens is 3. The Morgan fingerprint density at radius 2 is 1.62 bits per heavy atom. The molecule has 0 spiro atoms. The van der Waals surface area contributed by atoms with Gasteiger partial charge in [0.1, 0.15) is 30.4 Å². The zero-order valence-corrected chi connectivity index (χ0v) is 46.3. The fourth-order valence-corrected chi connectivity index (χ4v) is 6.85. The molecule has 0 bridgehead atoms. The van der Waals surface area contributed by atoms with Gasteiger partial charge in [-0.3, -0.25) is 24.5 Å². The first kappa shape index (κ1) is 69.5. The van der Waals surface area contributed by atoms with Crippen LogP contribution in [-0.4, -0.2) is 140 Å². The zero-order chi connectivity index (χ0) is 55.3. The monoisotopic (exact) mass is 1150 g/mol. The number of aryl methyl sites for hydroxylation is 3. The Kier molecular flexibility index (Phi) is 35.6. The summed E-state index contributed by atoms with van der Waals surface area (Å²) in [6.45, 7) is 13.8. The molecule has 17 nitrogen and oxygen atoms in total. The summed E-state index contributed by atoms with van der Waals surface area (Å²) in [5, 5.41) is 12.5. The van der Waals surface area contributed by atoms with Crippen LogP contribution in [0.5, 0.6) is 0 Å². The third kappa shape index (κ3) is 26.8. The predicted octanol–water partition coefficient (Wildman–Crippen LogP) is 7.06. The van der Waals surface area contributed by atoms with Gasteiger partial charge in [0.05, 0.1) is 56.5 Å². The maximum absolute atomic E-state index is 14.2. The summed E-state index contributed by atoms with van der Waals surface area (Å²) in [6.07, 6.45) is 9.85. The second kappa shape index (κ2) is 36.3. The Morgan fingerprint density at radius 1 is 1.06 bits per heavy atom. The first-order valence-electron chi connectivity index (χ1n) is 21.0. The lowest BCUT2D eigenvalue weighted by Crippen LogP contribution is -2.43. The fourth-order valence-electron chi connectivity index (χ4n) is 5.60. The van der Waals surface area contributed by atoms with Crippen LogP contribution in [-0.2, 0) is 57.0 Å². The van der Waals surface area contributed by atoms with Crippen molar-refractivity contribution < 1.29 is 61.3 Å². The molecule has 3 N–H and O–H groups in total. The molecular weight excluding hydrogens is 1090 g/mol. The molecule has 2 aromatic carbocycles.